The summed E-state index contributed by atoms with van der Waals surface area (Å²) >= 11 is 5.48. The van der Waals surface area contributed by atoms with Crippen molar-refractivity contribution in [2.75, 3.05) is 0 Å². The van der Waals surface area contributed by atoms with Crippen LogP contribution in [0.3, 0.4) is 0 Å². The second-order valence-electron chi connectivity index (χ2n) is 3.38. The van der Waals surface area contributed by atoms with E-state index in [4.69, 9.17) is 11.6 Å². The molecule has 0 atom stereocenters. The number of halogens is 2. The lowest BCUT2D eigenvalue weighted by Gasteiger charge is -2.18. The zero-order valence-corrected chi connectivity index (χ0v) is 7.48. The van der Waals surface area contributed by atoms with E-state index in [0.717, 1.165) is 0 Å². The van der Waals surface area contributed by atoms with E-state index in [1.54, 1.807) is 0 Å². The van der Waals surface area contributed by atoms with Crippen LogP contribution in [0.5, 0.6) is 0 Å². The molecule has 0 radical (unpaired) electrons. The Morgan fingerprint density at radius 3 is 2.27 bits per heavy atom. The van der Waals surface area contributed by atoms with Gasteiger partial charge in [-0.05, 0) is 20.8 Å². The predicted octanol–water partition coefficient (Wildman–Crippen LogP) is 2.43. The molecule has 0 saturated heterocycles. The number of hydrogen-bond donors (Lipinski definition) is 0. The van der Waals surface area contributed by atoms with Gasteiger partial charge in [-0.3, -0.25) is 4.68 Å². The minimum Gasteiger partial charge on any atom is -0.263 e. The maximum atomic E-state index is 12.6. The van der Waals surface area contributed by atoms with Crippen molar-refractivity contribution < 1.29 is 4.39 Å². The highest BCUT2D eigenvalue weighted by Crippen LogP contribution is 2.18. The van der Waals surface area contributed by atoms with Gasteiger partial charge in [-0.1, -0.05) is 11.6 Å². The van der Waals surface area contributed by atoms with Crippen LogP contribution < -0.4 is 0 Å². The Balaban J connectivity index is 3.08. The highest BCUT2D eigenvalue weighted by atomic mass is 35.5. The van der Waals surface area contributed by atoms with Gasteiger partial charge in [-0.15, -0.1) is 5.10 Å². The molecule has 0 bridgehead atoms. The lowest BCUT2D eigenvalue weighted by Crippen LogP contribution is -2.22. The second kappa shape index (κ2) is 2.48. The Kier molecular flexibility index (Phi) is 1.92. The van der Waals surface area contributed by atoms with Crippen LogP contribution in [-0.2, 0) is 5.54 Å². The van der Waals surface area contributed by atoms with Gasteiger partial charge in [-0.25, -0.2) is 0 Å². The summed E-state index contributed by atoms with van der Waals surface area (Å²) in [6.45, 7) is 5.78. The molecule has 0 fully saturated rings. The van der Waals surface area contributed by atoms with Crippen LogP contribution in [-0.4, -0.2) is 9.78 Å². The molecule has 0 aliphatic rings. The fraction of sp³-hybridized carbons (Fsp3) is 0.571. The zero-order valence-electron chi connectivity index (χ0n) is 6.73. The van der Waals surface area contributed by atoms with Crippen LogP contribution in [0.1, 0.15) is 20.8 Å². The average molecular weight is 177 g/mol. The SMILES string of the molecule is CC(C)(C)n1cc(Cl)c(F)n1. The second-order valence-corrected chi connectivity index (χ2v) is 3.79. The van der Waals surface area contributed by atoms with Gasteiger partial charge < -0.3 is 0 Å². The van der Waals surface area contributed by atoms with Gasteiger partial charge in [0.15, 0.2) is 0 Å². The van der Waals surface area contributed by atoms with Gasteiger partial charge in [0.05, 0.1) is 5.54 Å². The third kappa shape index (κ3) is 1.71. The molecule has 0 aromatic carbocycles. The van der Waals surface area contributed by atoms with Crippen molar-refractivity contribution in [1.29, 1.82) is 0 Å². The fourth-order valence-electron chi connectivity index (χ4n) is 0.675. The molecule has 11 heavy (non-hydrogen) atoms. The quantitative estimate of drug-likeness (QED) is 0.594. The Bertz CT molecular complexity index is 242. The Labute approximate surface area is 70.0 Å². The third-order valence-electron chi connectivity index (χ3n) is 1.32. The summed E-state index contributed by atoms with van der Waals surface area (Å²) in [6.07, 6.45) is 1.48. The first-order valence-electron chi connectivity index (χ1n) is 3.32. The summed E-state index contributed by atoms with van der Waals surface area (Å²) in [6, 6.07) is 0. The van der Waals surface area contributed by atoms with E-state index in [0.29, 0.717) is 0 Å². The summed E-state index contributed by atoms with van der Waals surface area (Å²) in [5.41, 5.74) is -0.214. The zero-order chi connectivity index (χ0) is 8.65. The molecule has 1 aromatic heterocycles. The lowest BCUT2D eigenvalue weighted by atomic mass is 10.1. The molecule has 0 aliphatic heterocycles. The first-order valence-corrected chi connectivity index (χ1v) is 3.70. The molecule has 0 N–H and O–H groups in total. The van der Waals surface area contributed by atoms with E-state index < -0.39 is 5.95 Å². The molecule has 0 saturated carbocycles. The molecule has 0 unspecified atom stereocenters. The predicted molar refractivity (Wildman–Crippen MR) is 42.2 cm³/mol. The summed E-state index contributed by atoms with van der Waals surface area (Å²) in [4.78, 5) is 0. The van der Waals surface area contributed by atoms with Gasteiger partial charge in [0.2, 0.25) is 0 Å². The maximum Gasteiger partial charge on any atom is 0.251 e. The first-order chi connectivity index (χ1) is 4.91. The lowest BCUT2D eigenvalue weighted by molar-refractivity contribution is 0.342. The third-order valence-corrected chi connectivity index (χ3v) is 1.57. The average Bonchev–Trinajstić information content (AvgIpc) is 2.11. The maximum absolute atomic E-state index is 12.6. The van der Waals surface area contributed by atoms with Crippen molar-refractivity contribution in [2.45, 2.75) is 26.3 Å². The van der Waals surface area contributed by atoms with Crippen molar-refractivity contribution in [3.8, 4) is 0 Å². The van der Waals surface area contributed by atoms with Crippen LogP contribution in [0, 0.1) is 5.95 Å². The number of aromatic nitrogens is 2. The van der Waals surface area contributed by atoms with Crippen LogP contribution in [0.15, 0.2) is 6.20 Å². The number of nitrogens with zero attached hydrogens (tertiary/aromatic N) is 2. The van der Waals surface area contributed by atoms with Gasteiger partial charge >= 0.3 is 0 Å². The van der Waals surface area contributed by atoms with Crippen LogP contribution in [0.4, 0.5) is 4.39 Å². The molecule has 0 spiro atoms. The fourth-order valence-corrected chi connectivity index (χ4v) is 0.806. The molecule has 62 valence electrons. The standard InChI is InChI=1S/C7H10ClFN2/c1-7(2,3)11-4-5(8)6(9)10-11/h4H,1-3H3. The Hall–Kier alpha value is -0.570. The molecule has 2 nitrogen and oxygen atoms in total. The Morgan fingerprint density at radius 2 is 2.09 bits per heavy atom. The smallest absolute Gasteiger partial charge is 0.251 e. The molecule has 1 heterocycles. The summed E-state index contributed by atoms with van der Waals surface area (Å²) in [5.74, 6) is -0.610. The first kappa shape index (κ1) is 8.53. The number of hydrogen-bond acceptors (Lipinski definition) is 1. The van der Waals surface area contributed by atoms with Crippen molar-refractivity contribution in [1.82, 2.24) is 9.78 Å². The largest absolute Gasteiger partial charge is 0.263 e. The molecule has 1 aromatic rings. The van der Waals surface area contributed by atoms with Gasteiger partial charge in [0.25, 0.3) is 5.95 Å². The minimum absolute atomic E-state index is 0.0694. The van der Waals surface area contributed by atoms with Gasteiger partial charge in [0.1, 0.15) is 5.02 Å². The molecular weight excluding hydrogens is 167 g/mol. The topological polar surface area (TPSA) is 17.8 Å². The van der Waals surface area contributed by atoms with E-state index in [-0.39, 0.29) is 10.6 Å². The van der Waals surface area contributed by atoms with Gasteiger partial charge in [-0.2, -0.15) is 4.39 Å². The molecule has 0 amide bonds. The summed E-state index contributed by atoms with van der Waals surface area (Å²) in [7, 11) is 0. The van der Waals surface area contributed by atoms with Crippen LogP contribution in [0.25, 0.3) is 0 Å². The molecule has 4 heteroatoms. The molecular formula is C7H10ClFN2. The molecule has 1 rings (SSSR count). The highest BCUT2D eigenvalue weighted by Gasteiger charge is 2.16. The highest BCUT2D eigenvalue weighted by molar-refractivity contribution is 6.30. The summed E-state index contributed by atoms with van der Waals surface area (Å²) in [5, 5.41) is 3.67. The van der Waals surface area contributed by atoms with Crippen molar-refractivity contribution >= 4 is 11.6 Å². The summed E-state index contributed by atoms with van der Waals surface area (Å²) < 4.78 is 14.1. The molecule has 0 aliphatic carbocycles. The van der Waals surface area contributed by atoms with Crippen molar-refractivity contribution in [3.05, 3.63) is 17.2 Å². The van der Waals surface area contributed by atoms with E-state index >= 15 is 0 Å². The monoisotopic (exact) mass is 176 g/mol. The number of rotatable bonds is 0. The van der Waals surface area contributed by atoms with Crippen molar-refractivity contribution in [2.24, 2.45) is 0 Å². The van der Waals surface area contributed by atoms with E-state index in [9.17, 15) is 4.39 Å². The minimum atomic E-state index is -0.610. The van der Waals surface area contributed by atoms with Crippen molar-refractivity contribution in [3.63, 3.8) is 0 Å². The van der Waals surface area contributed by atoms with Crippen LogP contribution >= 0.6 is 11.6 Å². The van der Waals surface area contributed by atoms with E-state index in [1.807, 2.05) is 20.8 Å². The van der Waals surface area contributed by atoms with Crippen LogP contribution in [0.2, 0.25) is 5.02 Å². The van der Waals surface area contributed by atoms with E-state index in [1.165, 1.54) is 10.9 Å². The van der Waals surface area contributed by atoms with Gasteiger partial charge in [0, 0.05) is 6.20 Å². The normalized spacial score (nSPS) is 12.1. The Morgan fingerprint density at radius 1 is 1.55 bits per heavy atom. The van der Waals surface area contributed by atoms with E-state index in [2.05, 4.69) is 5.10 Å².